The maximum Gasteiger partial charge on any atom is -0.0150 e. The van der Waals surface area contributed by atoms with Gasteiger partial charge in [-0.1, -0.05) is 68.2 Å². The summed E-state index contributed by atoms with van der Waals surface area (Å²) in [6, 6.07) is 0. The zero-order chi connectivity index (χ0) is 19.1. The van der Waals surface area contributed by atoms with Crippen LogP contribution < -0.4 is 0 Å². The van der Waals surface area contributed by atoms with E-state index >= 15 is 0 Å². The monoisotopic (exact) mass is 358 g/mol. The van der Waals surface area contributed by atoms with Gasteiger partial charge in [0.1, 0.15) is 0 Å². The number of rotatable bonds is 8. The lowest BCUT2D eigenvalue weighted by Crippen LogP contribution is -2.43. The van der Waals surface area contributed by atoms with Crippen LogP contribution in [-0.4, -0.2) is 0 Å². The van der Waals surface area contributed by atoms with Crippen LogP contribution in [0.4, 0.5) is 0 Å². The summed E-state index contributed by atoms with van der Waals surface area (Å²) in [5.74, 6) is 8.10. The highest BCUT2D eigenvalue weighted by molar-refractivity contribution is 5.32. The second-order valence-electron chi connectivity index (χ2n) is 12.4. The Morgan fingerprint density at radius 3 is 2.00 bits per heavy atom. The third-order valence-electron chi connectivity index (χ3n) is 11.2. The van der Waals surface area contributed by atoms with Gasteiger partial charge in [0.15, 0.2) is 0 Å². The highest BCUT2D eigenvalue weighted by Gasteiger charge is 2.84. The van der Waals surface area contributed by atoms with Crippen LogP contribution in [0.25, 0.3) is 0 Å². The molecule has 0 nitrogen and oxygen atoms in total. The molecule has 4 saturated carbocycles. The van der Waals surface area contributed by atoms with Gasteiger partial charge >= 0.3 is 0 Å². The van der Waals surface area contributed by atoms with Crippen LogP contribution in [-0.2, 0) is 0 Å². The molecule has 0 N–H and O–H groups in total. The van der Waals surface area contributed by atoms with E-state index in [9.17, 15) is 0 Å². The lowest BCUT2D eigenvalue weighted by atomic mass is 9.54. The molecule has 0 bridgehead atoms. The number of hydrogen-bond acceptors (Lipinski definition) is 0. The molecule has 0 radical (unpaired) electrons. The normalized spacial score (nSPS) is 53.1. The Kier molecular flexibility index (Phi) is 4.46. The van der Waals surface area contributed by atoms with Gasteiger partial charge in [0, 0.05) is 0 Å². The van der Waals surface area contributed by atoms with Crippen molar-refractivity contribution in [3.63, 3.8) is 0 Å². The van der Waals surface area contributed by atoms with E-state index < -0.39 is 0 Å². The first-order chi connectivity index (χ1) is 12.1. The molecule has 0 aliphatic heterocycles. The van der Waals surface area contributed by atoms with Gasteiger partial charge in [0.25, 0.3) is 0 Å². The average Bonchev–Trinajstić information content (AvgIpc) is 3.38. The molecule has 150 valence electrons. The van der Waals surface area contributed by atoms with Crippen molar-refractivity contribution in [3.8, 4) is 0 Å². The second kappa shape index (κ2) is 6.00. The van der Waals surface area contributed by atoms with E-state index in [0.717, 1.165) is 58.2 Å². The second-order valence-corrected chi connectivity index (χ2v) is 12.4. The molecular weight excluding hydrogens is 312 g/mol. The first-order valence-electron chi connectivity index (χ1n) is 12.1. The van der Waals surface area contributed by atoms with Crippen LogP contribution in [0, 0.1) is 63.6 Å². The van der Waals surface area contributed by atoms with E-state index in [0.29, 0.717) is 5.41 Å². The van der Waals surface area contributed by atoms with Crippen molar-refractivity contribution in [1.29, 1.82) is 0 Å². The quantitative estimate of drug-likeness (QED) is 0.415. The highest BCUT2D eigenvalue weighted by atomic mass is 14.9. The molecule has 10 unspecified atom stereocenters. The average molecular weight is 359 g/mol. The lowest BCUT2D eigenvalue weighted by Gasteiger charge is -2.51. The van der Waals surface area contributed by atoms with E-state index in [1.165, 1.54) is 25.7 Å². The van der Waals surface area contributed by atoms with Crippen molar-refractivity contribution < 1.29 is 0 Å². The molecule has 4 aliphatic rings. The number of hydrogen-bond donors (Lipinski definition) is 0. The summed E-state index contributed by atoms with van der Waals surface area (Å²) in [7, 11) is 0. The van der Waals surface area contributed by atoms with Crippen LogP contribution in [0.2, 0.25) is 0 Å². The van der Waals surface area contributed by atoms with Crippen molar-refractivity contribution in [3.05, 3.63) is 0 Å². The molecule has 0 heterocycles. The molecule has 0 spiro atoms. The Labute approximate surface area is 164 Å². The molecular formula is C26H46. The van der Waals surface area contributed by atoms with Crippen molar-refractivity contribution in [2.24, 2.45) is 63.6 Å². The van der Waals surface area contributed by atoms with Crippen molar-refractivity contribution in [2.45, 2.75) is 100 Å². The molecule has 0 aromatic heterocycles. The first kappa shape index (κ1) is 19.3. The lowest BCUT2D eigenvalue weighted by molar-refractivity contribution is -0.0155. The van der Waals surface area contributed by atoms with E-state index in [4.69, 9.17) is 0 Å². The Balaban J connectivity index is 1.36. The van der Waals surface area contributed by atoms with Gasteiger partial charge in [0.05, 0.1) is 0 Å². The Hall–Kier alpha value is 0. The summed E-state index contributed by atoms with van der Waals surface area (Å²) in [6.07, 6.45) is 10.5. The summed E-state index contributed by atoms with van der Waals surface area (Å²) >= 11 is 0. The molecule has 10 atom stereocenters. The molecule has 0 amide bonds. The largest absolute Gasteiger partial charge is 0.0651 e. The summed E-state index contributed by atoms with van der Waals surface area (Å²) in [4.78, 5) is 0. The van der Waals surface area contributed by atoms with E-state index in [-0.39, 0.29) is 0 Å². The summed E-state index contributed by atoms with van der Waals surface area (Å²) < 4.78 is 0. The van der Waals surface area contributed by atoms with Crippen molar-refractivity contribution >= 4 is 0 Å². The predicted octanol–water partition coefficient (Wildman–Crippen LogP) is 7.82. The van der Waals surface area contributed by atoms with Gasteiger partial charge in [-0.3, -0.25) is 0 Å². The van der Waals surface area contributed by atoms with Gasteiger partial charge in [-0.25, -0.2) is 0 Å². The standard InChI is InChI=1S/C26H46/c1-9-20-13-23-22(26(20,23)25(8)15-21(25)10-2)12-17(4)16(3)11-19-14-24(6,7)18(19)5/h16-23H,9-15H2,1-8H3. The molecule has 4 fully saturated rings. The maximum atomic E-state index is 2.68. The number of fused-ring (bicyclic) bond motifs is 1. The first-order valence-corrected chi connectivity index (χ1v) is 12.1. The predicted molar refractivity (Wildman–Crippen MR) is 113 cm³/mol. The fraction of sp³-hybridized carbons (Fsp3) is 1.00. The third kappa shape index (κ3) is 2.38. The topological polar surface area (TPSA) is 0 Å². The van der Waals surface area contributed by atoms with Gasteiger partial charge in [-0.15, -0.1) is 0 Å². The molecule has 4 rings (SSSR count). The third-order valence-corrected chi connectivity index (χ3v) is 11.2. The van der Waals surface area contributed by atoms with Crippen LogP contribution in [0.15, 0.2) is 0 Å². The smallest absolute Gasteiger partial charge is 0.0150 e. The fourth-order valence-electron chi connectivity index (χ4n) is 8.77. The van der Waals surface area contributed by atoms with Crippen molar-refractivity contribution in [2.75, 3.05) is 0 Å². The fourth-order valence-corrected chi connectivity index (χ4v) is 8.77. The molecule has 0 heteroatoms. The van der Waals surface area contributed by atoms with Crippen LogP contribution in [0.5, 0.6) is 0 Å². The summed E-state index contributed by atoms with van der Waals surface area (Å²) in [5.41, 5.74) is 2.13. The van der Waals surface area contributed by atoms with E-state index in [2.05, 4.69) is 55.4 Å². The molecule has 0 aromatic rings. The summed E-state index contributed by atoms with van der Waals surface area (Å²) in [5, 5.41) is 0. The minimum Gasteiger partial charge on any atom is -0.0651 e. The zero-order valence-corrected chi connectivity index (χ0v) is 19.1. The molecule has 0 saturated heterocycles. The van der Waals surface area contributed by atoms with E-state index in [1.54, 1.807) is 19.3 Å². The minimum absolute atomic E-state index is 0.608. The Bertz CT molecular complexity index is 546. The maximum absolute atomic E-state index is 2.68. The highest BCUT2D eigenvalue weighted by Crippen LogP contribution is 2.90. The van der Waals surface area contributed by atoms with Crippen LogP contribution in [0.1, 0.15) is 100 Å². The van der Waals surface area contributed by atoms with Crippen LogP contribution >= 0.6 is 0 Å². The van der Waals surface area contributed by atoms with E-state index in [1.807, 2.05) is 0 Å². The zero-order valence-electron chi connectivity index (χ0n) is 19.1. The van der Waals surface area contributed by atoms with Gasteiger partial charge < -0.3 is 0 Å². The SMILES string of the molecule is CCC1CC1(C)C12C(CC)CC1C2CC(C)C(C)CC1CC(C)(C)C1C. The van der Waals surface area contributed by atoms with Gasteiger partial charge in [-0.2, -0.15) is 0 Å². The van der Waals surface area contributed by atoms with Crippen molar-refractivity contribution in [1.82, 2.24) is 0 Å². The summed E-state index contributed by atoms with van der Waals surface area (Å²) in [6.45, 7) is 20.2. The molecule has 26 heavy (non-hydrogen) atoms. The minimum atomic E-state index is 0.608. The Morgan fingerprint density at radius 2 is 1.50 bits per heavy atom. The molecule has 0 aromatic carbocycles. The molecule has 4 aliphatic carbocycles. The van der Waals surface area contributed by atoms with Crippen LogP contribution in [0.3, 0.4) is 0 Å². The van der Waals surface area contributed by atoms with Gasteiger partial charge in [0.2, 0.25) is 0 Å². The Morgan fingerprint density at radius 1 is 0.885 bits per heavy atom. The van der Waals surface area contributed by atoms with Gasteiger partial charge in [-0.05, 0) is 95.7 Å².